The zero-order chi connectivity index (χ0) is 31.2. The molecule has 7 aromatic rings. The van der Waals surface area contributed by atoms with Crippen molar-refractivity contribution in [2.24, 2.45) is 0 Å². The van der Waals surface area contributed by atoms with E-state index in [1.165, 1.54) is 16.5 Å². The third-order valence-electron chi connectivity index (χ3n) is 6.55. The minimum absolute atomic E-state index is 0. The topological polar surface area (TPSA) is 38.9 Å². The molecule has 3 aromatic carbocycles. The van der Waals surface area contributed by atoms with Gasteiger partial charge in [-0.05, 0) is 61.5 Å². The summed E-state index contributed by atoms with van der Waals surface area (Å²) in [7, 11) is 0. The second kappa shape index (κ2) is 11.2. The van der Waals surface area contributed by atoms with E-state index in [9.17, 15) is 0 Å². The number of aromatic nitrogens is 2. The summed E-state index contributed by atoms with van der Waals surface area (Å²) >= 11 is 1.68. The van der Waals surface area contributed by atoms with Gasteiger partial charge in [0.05, 0.1) is 10.3 Å². The zero-order valence-corrected chi connectivity index (χ0v) is 24.3. The second-order valence-electron chi connectivity index (χ2n) is 8.91. The van der Waals surface area contributed by atoms with Crippen molar-refractivity contribution in [3.63, 3.8) is 0 Å². The summed E-state index contributed by atoms with van der Waals surface area (Å²) in [6.07, 6.45) is 2.92. The van der Waals surface area contributed by atoms with Gasteiger partial charge in [0.1, 0.15) is 5.58 Å². The SMILES string of the molecule is [2H]C([2H])([2H])c1cnc(-c2[c-]ccc3c2oc2c3ccc3c(C)c(C)sc32)cc1C([2H])([2H])[2H].[Ir].[c-]1ccccc1-c1ccccn1. The van der Waals surface area contributed by atoms with Crippen LogP contribution in [0.25, 0.3) is 54.5 Å². The smallest absolute Gasteiger partial charge is 0.138 e. The van der Waals surface area contributed by atoms with Crippen LogP contribution in [0.15, 0.2) is 89.6 Å². The van der Waals surface area contributed by atoms with Gasteiger partial charge >= 0.3 is 0 Å². The molecule has 1 radical (unpaired) electrons. The van der Waals surface area contributed by atoms with E-state index in [-0.39, 0.29) is 31.2 Å². The number of nitrogens with zero attached hydrogens (tertiary/aromatic N) is 2. The van der Waals surface area contributed by atoms with Gasteiger partial charge in [0.15, 0.2) is 0 Å². The molecule has 4 heterocycles. The summed E-state index contributed by atoms with van der Waals surface area (Å²) in [5.74, 6) is 0. The first-order valence-corrected chi connectivity index (χ1v) is 12.9. The van der Waals surface area contributed by atoms with Crippen molar-refractivity contribution >= 4 is 43.4 Å². The molecule has 0 atom stereocenters. The van der Waals surface area contributed by atoms with E-state index in [0.29, 0.717) is 16.8 Å². The van der Waals surface area contributed by atoms with E-state index in [2.05, 4.69) is 42.0 Å². The van der Waals surface area contributed by atoms with Gasteiger partial charge in [0.2, 0.25) is 0 Å². The van der Waals surface area contributed by atoms with Crippen LogP contribution in [-0.2, 0) is 20.1 Å². The first-order valence-electron chi connectivity index (χ1n) is 15.1. The molecular formula is C34H26IrN2OS-2. The van der Waals surface area contributed by atoms with Crippen molar-refractivity contribution in [3.05, 3.63) is 119 Å². The molecule has 0 saturated heterocycles. The van der Waals surface area contributed by atoms with Gasteiger partial charge in [-0.25, -0.2) is 0 Å². The van der Waals surface area contributed by atoms with Crippen LogP contribution in [0.5, 0.6) is 0 Å². The van der Waals surface area contributed by atoms with Crippen LogP contribution < -0.4 is 0 Å². The Morgan fingerprint density at radius 1 is 0.795 bits per heavy atom. The fourth-order valence-electron chi connectivity index (χ4n) is 4.45. The van der Waals surface area contributed by atoms with Crippen molar-refractivity contribution in [1.29, 1.82) is 0 Å². The van der Waals surface area contributed by atoms with Gasteiger partial charge in [-0.3, -0.25) is 0 Å². The van der Waals surface area contributed by atoms with E-state index >= 15 is 0 Å². The Bertz CT molecular complexity index is 2080. The number of pyridine rings is 2. The maximum Gasteiger partial charge on any atom is 0.138 e. The summed E-state index contributed by atoms with van der Waals surface area (Å²) in [5.41, 5.74) is 4.85. The Labute approximate surface area is 254 Å². The molecule has 5 heteroatoms. The molecule has 3 nitrogen and oxygen atoms in total. The van der Waals surface area contributed by atoms with Crippen molar-refractivity contribution < 1.29 is 32.7 Å². The fourth-order valence-corrected chi connectivity index (χ4v) is 5.60. The van der Waals surface area contributed by atoms with Gasteiger partial charge < -0.3 is 14.4 Å². The number of furan rings is 1. The van der Waals surface area contributed by atoms with Crippen molar-refractivity contribution in [3.8, 4) is 22.5 Å². The third-order valence-corrected chi connectivity index (χ3v) is 7.77. The largest absolute Gasteiger partial charge is 0.499 e. The van der Waals surface area contributed by atoms with Crippen LogP contribution in [0.4, 0.5) is 0 Å². The minimum atomic E-state index is -2.60. The van der Waals surface area contributed by atoms with Gasteiger partial charge in [-0.1, -0.05) is 46.8 Å². The van der Waals surface area contributed by atoms with Gasteiger partial charge in [-0.2, -0.15) is 0 Å². The molecule has 0 aliphatic rings. The molecule has 195 valence electrons. The van der Waals surface area contributed by atoms with Crippen LogP contribution in [0, 0.1) is 39.7 Å². The zero-order valence-electron chi connectivity index (χ0n) is 27.1. The summed E-state index contributed by atoms with van der Waals surface area (Å²) in [5, 5.41) is 2.98. The Kier molecular flexibility index (Phi) is 5.85. The Morgan fingerprint density at radius 2 is 1.62 bits per heavy atom. The number of thiophene rings is 1. The number of rotatable bonds is 2. The predicted octanol–water partition coefficient (Wildman–Crippen LogP) is 9.44. The van der Waals surface area contributed by atoms with E-state index in [1.54, 1.807) is 23.6 Å². The van der Waals surface area contributed by atoms with Gasteiger partial charge in [0, 0.05) is 51.0 Å². The van der Waals surface area contributed by atoms with Crippen LogP contribution in [0.2, 0.25) is 0 Å². The van der Waals surface area contributed by atoms with Crippen LogP contribution in [-0.4, -0.2) is 9.97 Å². The van der Waals surface area contributed by atoms with Crippen molar-refractivity contribution in [2.75, 3.05) is 0 Å². The quantitative estimate of drug-likeness (QED) is 0.168. The Hall–Kier alpha value is -3.63. The normalized spacial score (nSPS) is 13.8. The second-order valence-corrected chi connectivity index (χ2v) is 10.1. The number of benzene rings is 3. The molecule has 0 N–H and O–H groups in total. The number of aryl methyl sites for hydroxylation is 4. The number of hydrogen-bond donors (Lipinski definition) is 0. The van der Waals surface area contributed by atoms with E-state index < -0.39 is 13.7 Å². The molecule has 4 aromatic heterocycles. The molecule has 0 bridgehead atoms. The predicted molar refractivity (Wildman–Crippen MR) is 159 cm³/mol. The number of hydrogen-bond acceptors (Lipinski definition) is 4. The fraction of sp³-hybridized carbons (Fsp3) is 0.118. The van der Waals surface area contributed by atoms with E-state index in [4.69, 9.17) is 12.6 Å². The maximum absolute atomic E-state index is 7.84. The summed E-state index contributed by atoms with van der Waals surface area (Å²) < 4.78 is 54.0. The molecule has 0 unspecified atom stereocenters. The molecule has 7 rings (SSSR count). The average molecular weight is 709 g/mol. The van der Waals surface area contributed by atoms with Gasteiger partial charge in [-0.15, -0.1) is 65.4 Å². The monoisotopic (exact) mass is 709 g/mol. The molecule has 0 aliphatic heterocycles. The molecule has 0 amide bonds. The van der Waals surface area contributed by atoms with E-state index in [0.717, 1.165) is 43.9 Å². The molecule has 0 fully saturated rings. The maximum atomic E-state index is 7.84. The molecule has 0 spiro atoms. The molecule has 39 heavy (non-hydrogen) atoms. The minimum Gasteiger partial charge on any atom is -0.499 e. The number of fused-ring (bicyclic) bond motifs is 5. The Morgan fingerprint density at radius 3 is 2.38 bits per heavy atom. The molecule has 0 aliphatic carbocycles. The van der Waals surface area contributed by atoms with E-state index in [1.807, 2.05) is 54.6 Å². The van der Waals surface area contributed by atoms with Crippen LogP contribution >= 0.6 is 11.3 Å². The van der Waals surface area contributed by atoms with Gasteiger partial charge in [0.25, 0.3) is 0 Å². The third kappa shape index (κ3) is 5.06. The molecule has 0 saturated carbocycles. The summed E-state index contributed by atoms with van der Waals surface area (Å²) in [6.45, 7) is -0.999. The first-order chi connectivity index (χ1) is 20.9. The van der Waals surface area contributed by atoms with Crippen molar-refractivity contribution in [1.82, 2.24) is 9.97 Å². The molecular weight excluding hydrogens is 677 g/mol. The first kappa shape index (κ1) is 20.3. The summed E-state index contributed by atoms with van der Waals surface area (Å²) in [6, 6.07) is 29.0. The standard InChI is InChI=1S/C23H18NOS.C11H8N.Ir/c1-12-10-20(24-11-13(12)2)19-7-5-6-17-18-9-8-16-14(3)15(4)26-23(16)22(18)25-21(17)19;1-2-6-10(7-3-1)11-8-4-5-9-12-11;/h5-6,8-11H,1-4H3;1-6,8-9H;/q2*-1;/i1D3,2D3;;. The average Bonchev–Trinajstić information content (AvgIpc) is 3.54. The summed E-state index contributed by atoms with van der Waals surface area (Å²) in [4.78, 5) is 9.74. The van der Waals surface area contributed by atoms with Crippen molar-refractivity contribution in [2.45, 2.75) is 27.6 Å². The van der Waals surface area contributed by atoms with Crippen LogP contribution in [0.1, 0.15) is 29.8 Å². The Balaban J connectivity index is 0.000000258. The van der Waals surface area contributed by atoms with Crippen LogP contribution in [0.3, 0.4) is 0 Å².